The van der Waals surface area contributed by atoms with Gasteiger partial charge in [-0.05, 0) is 6.07 Å². The van der Waals surface area contributed by atoms with Gasteiger partial charge in [0.2, 0.25) is 0 Å². The van der Waals surface area contributed by atoms with Crippen molar-refractivity contribution in [2.45, 2.75) is 6.42 Å². The number of rotatable bonds is 4. The van der Waals surface area contributed by atoms with Crippen molar-refractivity contribution < 1.29 is 9.59 Å². The number of nitrogens with zero attached hydrogens (tertiary/aromatic N) is 3. The lowest BCUT2D eigenvalue weighted by atomic mass is 10.1. The van der Waals surface area contributed by atoms with E-state index in [0.29, 0.717) is 11.4 Å². The van der Waals surface area contributed by atoms with Crippen LogP contribution in [0.25, 0.3) is 0 Å². The molecule has 82 valence electrons. The van der Waals surface area contributed by atoms with Crippen molar-refractivity contribution in [2.24, 2.45) is 7.05 Å². The van der Waals surface area contributed by atoms with E-state index >= 15 is 0 Å². The van der Waals surface area contributed by atoms with Crippen LogP contribution < -0.4 is 0 Å². The first-order chi connectivity index (χ1) is 7.66. The quantitative estimate of drug-likeness (QED) is 0.592. The molecular weight excluding hydrogens is 226 g/mol. The topological polar surface area (TPSA) is 64.8 Å². The van der Waals surface area contributed by atoms with Crippen LogP contribution in [0.4, 0.5) is 0 Å². The largest absolute Gasteiger partial charge is 0.292 e. The summed E-state index contributed by atoms with van der Waals surface area (Å²) in [5, 5.41) is 5.58. The van der Waals surface area contributed by atoms with Crippen molar-refractivity contribution in [3.8, 4) is 0 Å². The highest BCUT2D eigenvalue weighted by Crippen LogP contribution is 2.07. The summed E-state index contributed by atoms with van der Waals surface area (Å²) in [5.74, 6) is -0.546. The summed E-state index contributed by atoms with van der Waals surface area (Å²) in [5.41, 5.74) is 2.22. The van der Waals surface area contributed by atoms with Gasteiger partial charge in [-0.15, -0.1) is 11.3 Å². The summed E-state index contributed by atoms with van der Waals surface area (Å²) in [7, 11) is 1.72. The van der Waals surface area contributed by atoms with Gasteiger partial charge in [-0.3, -0.25) is 14.3 Å². The fraction of sp³-hybridized carbons (Fsp3) is 0.200. The molecule has 0 saturated heterocycles. The Kier molecular flexibility index (Phi) is 2.91. The molecule has 0 N–H and O–H groups in total. The average molecular weight is 235 g/mol. The van der Waals surface area contributed by atoms with E-state index in [9.17, 15) is 9.59 Å². The standard InChI is InChI=1S/C10H9N3O2S/c1-13-3-2-7(12-13)9(14)4-10(15)8-5-16-6-11-8/h2-3,5-6H,4H2,1H3. The predicted molar refractivity (Wildman–Crippen MR) is 58.6 cm³/mol. The molecule has 0 saturated carbocycles. The van der Waals surface area contributed by atoms with E-state index in [1.54, 1.807) is 30.2 Å². The molecular formula is C10H9N3O2S. The van der Waals surface area contributed by atoms with Crippen molar-refractivity contribution in [1.29, 1.82) is 0 Å². The zero-order valence-corrected chi connectivity index (χ0v) is 9.40. The first-order valence-electron chi connectivity index (χ1n) is 4.61. The van der Waals surface area contributed by atoms with Gasteiger partial charge in [-0.1, -0.05) is 0 Å². The molecule has 0 aromatic carbocycles. The van der Waals surface area contributed by atoms with Gasteiger partial charge < -0.3 is 0 Å². The van der Waals surface area contributed by atoms with Gasteiger partial charge >= 0.3 is 0 Å². The normalized spacial score (nSPS) is 10.3. The van der Waals surface area contributed by atoms with Crippen molar-refractivity contribution in [1.82, 2.24) is 14.8 Å². The summed E-state index contributed by atoms with van der Waals surface area (Å²) < 4.78 is 1.53. The Morgan fingerprint density at radius 2 is 2.12 bits per heavy atom. The molecule has 5 nitrogen and oxygen atoms in total. The number of carbonyl (C=O) groups excluding carboxylic acids is 2. The second-order valence-electron chi connectivity index (χ2n) is 3.27. The van der Waals surface area contributed by atoms with E-state index < -0.39 is 0 Å². The Labute approximate surface area is 95.7 Å². The second-order valence-corrected chi connectivity index (χ2v) is 3.99. The number of carbonyl (C=O) groups is 2. The highest BCUT2D eigenvalue weighted by atomic mass is 32.1. The molecule has 0 aliphatic heterocycles. The van der Waals surface area contributed by atoms with Crippen molar-refractivity contribution >= 4 is 22.9 Å². The van der Waals surface area contributed by atoms with Crippen LogP contribution in [-0.2, 0) is 7.05 Å². The minimum absolute atomic E-state index is 0.180. The maximum Gasteiger partial charge on any atom is 0.190 e. The number of hydrogen-bond donors (Lipinski definition) is 0. The SMILES string of the molecule is Cn1ccc(C(=O)CC(=O)c2cscn2)n1. The third-order valence-electron chi connectivity index (χ3n) is 2.04. The maximum atomic E-state index is 11.6. The predicted octanol–water partition coefficient (Wildman–Crippen LogP) is 1.33. The van der Waals surface area contributed by atoms with Gasteiger partial charge in [0.05, 0.1) is 11.9 Å². The first kappa shape index (κ1) is 10.7. The Hall–Kier alpha value is -1.82. The van der Waals surface area contributed by atoms with Crippen LogP contribution in [0.2, 0.25) is 0 Å². The van der Waals surface area contributed by atoms with Gasteiger partial charge in [0, 0.05) is 18.6 Å². The molecule has 0 aliphatic rings. The molecule has 0 fully saturated rings. The molecule has 2 rings (SSSR count). The van der Waals surface area contributed by atoms with Gasteiger partial charge in [-0.25, -0.2) is 4.98 Å². The van der Waals surface area contributed by atoms with Crippen molar-refractivity contribution in [3.05, 3.63) is 34.5 Å². The highest BCUT2D eigenvalue weighted by molar-refractivity contribution is 7.07. The number of aromatic nitrogens is 3. The minimum Gasteiger partial charge on any atom is -0.292 e. The Bertz CT molecular complexity index is 516. The number of hydrogen-bond acceptors (Lipinski definition) is 5. The molecule has 6 heteroatoms. The third-order valence-corrected chi connectivity index (χ3v) is 2.62. The van der Waals surface area contributed by atoms with E-state index in [1.807, 2.05) is 0 Å². The number of Topliss-reactive ketones (excluding diaryl/α,β-unsaturated/α-hetero) is 2. The number of thiazole rings is 1. The summed E-state index contributed by atoms with van der Waals surface area (Å²) in [6.07, 6.45) is 1.49. The van der Waals surface area contributed by atoms with Crippen LogP contribution in [0.15, 0.2) is 23.2 Å². The van der Waals surface area contributed by atoms with E-state index in [4.69, 9.17) is 0 Å². The molecule has 2 aromatic rings. The number of aryl methyl sites for hydroxylation is 1. The average Bonchev–Trinajstić information content (AvgIpc) is 2.87. The lowest BCUT2D eigenvalue weighted by Gasteiger charge is -1.94. The first-order valence-corrected chi connectivity index (χ1v) is 5.55. The van der Waals surface area contributed by atoms with Crippen molar-refractivity contribution in [2.75, 3.05) is 0 Å². The molecule has 0 aliphatic carbocycles. The smallest absolute Gasteiger partial charge is 0.190 e. The molecule has 2 aromatic heterocycles. The monoisotopic (exact) mass is 235 g/mol. The molecule has 0 amide bonds. The summed E-state index contributed by atoms with van der Waals surface area (Å²) in [6, 6.07) is 1.59. The molecule has 2 heterocycles. The summed E-state index contributed by atoms with van der Waals surface area (Å²) >= 11 is 1.33. The lowest BCUT2D eigenvalue weighted by Crippen LogP contribution is -2.09. The molecule has 16 heavy (non-hydrogen) atoms. The van der Waals surface area contributed by atoms with Crippen LogP contribution >= 0.6 is 11.3 Å². The van der Waals surface area contributed by atoms with Gasteiger partial charge in [0.15, 0.2) is 11.6 Å². The van der Waals surface area contributed by atoms with Crippen LogP contribution in [0.5, 0.6) is 0 Å². The highest BCUT2D eigenvalue weighted by Gasteiger charge is 2.16. The van der Waals surface area contributed by atoms with Crippen LogP contribution in [0.1, 0.15) is 27.4 Å². The van der Waals surface area contributed by atoms with Gasteiger partial charge in [0.1, 0.15) is 11.4 Å². The Morgan fingerprint density at radius 3 is 2.69 bits per heavy atom. The van der Waals surface area contributed by atoms with Crippen LogP contribution in [0, 0.1) is 0 Å². The van der Waals surface area contributed by atoms with Crippen LogP contribution in [0.3, 0.4) is 0 Å². The fourth-order valence-electron chi connectivity index (χ4n) is 1.24. The summed E-state index contributed by atoms with van der Waals surface area (Å²) in [4.78, 5) is 27.1. The third kappa shape index (κ3) is 2.22. The molecule has 0 atom stereocenters. The lowest BCUT2D eigenvalue weighted by molar-refractivity contribution is 0.0888. The van der Waals surface area contributed by atoms with E-state index in [-0.39, 0.29) is 18.0 Å². The molecule has 0 bridgehead atoms. The van der Waals surface area contributed by atoms with Gasteiger partial charge in [0.25, 0.3) is 0 Å². The Morgan fingerprint density at radius 1 is 1.38 bits per heavy atom. The molecule has 0 radical (unpaired) electrons. The van der Waals surface area contributed by atoms with Crippen LogP contribution in [-0.4, -0.2) is 26.3 Å². The van der Waals surface area contributed by atoms with E-state index in [2.05, 4.69) is 10.1 Å². The molecule has 0 unspecified atom stereocenters. The second kappa shape index (κ2) is 4.36. The van der Waals surface area contributed by atoms with Crippen molar-refractivity contribution in [3.63, 3.8) is 0 Å². The molecule has 0 spiro atoms. The summed E-state index contributed by atoms with van der Waals surface area (Å²) in [6.45, 7) is 0. The zero-order chi connectivity index (χ0) is 11.5. The van der Waals surface area contributed by atoms with E-state index in [1.165, 1.54) is 16.0 Å². The maximum absolute atomic E-state index is 11.6. The van der Waals surface area contributed by atoms with E-state index in [0.717, 1.165) is 0 Å². The minimum atomic E-state index is -0.279. The zero-order valence-electron chi connectivity index (χ0n) is 8.58. The fourth-order valence-corrected chi connectivity index (χ4v) is 1.80. The van der Waals surface area contributed by atoms with Gasteiger partial charge in [-0.2, -0.15) is 5.10 Å². The Balaban J connectivity index is 2.06. The number of ketones is 2.